The van der Waals surface area contributed by atoms with Gasteiger partial charge in [-0.15, -0.1) is 52.9 Å². The van der Waals surface area contributed by atoms with Crippen molar-refractivity contribution in [3.05, 3.63) is 169 Å². The molecular weight excluding hydrogens is 833 g/mol. The first kappa shape index (κ1) is 34.6. The maximum atomic E-state index is 8.22. The normalized spacial score (nSPS) is 13.8. The van der Waals surface area contributed by atoms with Crippen LogP contribution in [0.2, 0.25) is 0 Å². The van der Waals surface area contributed by atoms with Crippen LogP contribution in [0.15, 0.2) is 146 Å². The van der Waals surface area contributed by atoms with E-state index >= 15 is 0 Å². The van der Waals surface area contributed by atoms with E-state index in [1.54, 1.807) is 6.20 Å². The summed E-state index contributed by atoms with van der Waals surface area (Å²) in [4.78, 5) is 9.20. The van der Waals surface area contributed by atoms with E-state index in [1.165, 1.54) is 91.5 Å². The van der Waals surface area contributed by atoms with Crippen LogP contribution in [0.25, 0.3) is 76.4 Å². The zero-order chi connectivity index (χ0) is 36.6. The topological polar surface area (TPSA) is 25.8 Å². The third kappa shape index (κ3) is 6.95. The van der Waals surface area contributed by atoms with Gasteiger partial charge in [0.05, 0.1) is 0 Å². The molecule has 2 heterocycles. The van der Waals surface area contributed by atoms with Crippen molar-refractivity contribution in [3.8, 4) is 22.5 Å². The fraction of sp³-hybridized carbons (Fsp3) is 0.176. The third-order valence-electron chi connectivity index (χ3n) is 11.1. The Bertz CT molecular complexity index is 2780. The first-order valence-corrected chi connectivity index (χ1v) is 18.9. The minimum absolute atomic E-state index is 0. The van der Waals surface area contributed by atoms with Crippen LogP contribution in [0.4, 0.5) is 0 Å². The molecule has 0 atom stereocenters. The molecule has 1 saturated carbocycles. The Balaban J connectivity index is 0.000000156. The molecule has 0 amide bonds. The number of hydrogen-bond donors (Lipinski definition) is 0. The van der Waals surface area contributed by atoms with Crippen LogP contribution < -0.4 is 0 Å². The number of hydrogen-bond acceptors (Lipinski definition) is 2. The summed E-state index contributed by atoms with van der Waals surface area (Å²) >= 11 is 0. The molecule has 1 fully saturated rings. The Labute approximate surface area is 333 Å². The SMILES string of the molecule is [2H]C(C)(C)c1ccnc(-c2[c-]cc3c(ccc4ccccc43)c2)c1.[Ir].[c-]1cc2c3ccccc3c3ccccc3c2cc1-c1cc(C2CCCCC2)ccn1. The van der Waals surface area contributed by atoms with Gasteiger partial charge >= 0.3 is 0 Å². The van der Waals surface area contributed by atoms with Gasteiger partial charge in [-0.05, 0) is 69.7 Å². The largest absolute Gasteiger partial charge is 0.305 e. The number of benzene rings is 7. The van der Waals surface area contributed by atoms with Crippen molar-refractivity contribution in [2.45, 2.75) is 57.8 Å². The van der Waals surface area contributed by atoms with E-state index in [9.17, 15) is 0 Å². The van der Waals surface area contributed by atoms with Crippen molar-refractivity contribution in [3.63, 3.8) is 0 Å². The Morgan fingerprint density at radius 2 is 1.09 bits per heavy atom. The second kappa shape index (κ2) is 15.6. The van der Waals surface area contributed by atoms with Gasteiger partial charge in [-0.1, -0.05) is 168 Å². The summed E-state index contributed by atoms with van der Waals surface area (Å²) in [5.74, 6) is 0.0517. The number of nitrogens with zero attached hydrogens (tertiary/aromatic N) is 2. The second-order valence-electron chi connectivity index (χ2n) is 14.6. The van der Waals surface area contributed by atoms with E-state index in [1.807, 2.05) is 38.2 Å². The molecule has 54 heavy (non-hydrogen) atoms. The van der Waals surface area contributed by atoms with Gasteiger partial charge in [-0.3, -0.25) is 0 Å². The van der Waals surface area contributed by atoms with Crippen LogP contribution in [0.3, 0.4) is 0 Å². The van der Waals surface area contributed by atoms with E-state index in [0.717, 1.165) is 28.1 Å². The van der Waals surface area contributed by atoms with Gasteiger partial charge in [-0.2, -0.15) is 0 Å². The number of fused-ring (bicyclic) bond motifs is 9. The molecule has 0 bridgehead atoms. The molecule has 0 aliphatic heterocycles. The quantitative estimate of drug-likeness (QED) is 0.130. The second-order valence-corrected chi connectivity index (χ2v) is 14.6. The number of pyridine rings is 2. The Kier molecular flexibility index (Phi) is 10.0. The molecule has 7 aromatic carbocycles. The summed E-state index contributed by atoms with van der Waals surface area (Å²) in [7, 11) is 0. The van der Waals surface area contributed by atoms with E-state index in [-0.39, 0.29) is 20.1 Å². The third-order valence-corrected chi connectivity index (χ3v) is 11.1. The van der Waals surface area contributed by atoms with Crippen LogP contribution in [-0.2, 0) is 20.1 Å². The van der Waals surface area contributed by atoms with Gasteiger partial charge in [0.2, 0.25) is 0 Å². The van der Waals surface area contributed by atoms with Gasteiger partial charge in [0.15, 0.2) is 0 Å². The zero-order valence-corrected chi connectivity index (χ0v) is 33.1. The molecule has 10 rings (SSSR count). The molecule has 1 radical (unpaired) electrons. The average Bonchev–Trinajstić information content (AvgIpc) is 3.23. The molecule has 0 saturated heterocycles. The number of aromatic nitrogens is 2. The summed E-state index contributed by atoms with van der Waals surface area (Å²) in [5.41, 5.74) is 6.35. The average molecular weight is 876 g/mol. The van der Waals surface area contributed by atoms with E-state index in [2.05, 4.69) is 132 Å². The maximum Gasteiger partial charge on any atom is 0.0346 e. The fourth-order valence-corrected chi connectivity index (χ4v) is 8.26. The van der Waals surface area contributed by atoms with E-state index in [0.29, 0.717) is 5.92 Å². The summed E-state index contributed by atoms with van der Waals surface area (Å²) in [6, 6.07) is 54.1. The van der Waals surface area contributed by atoms with Crippen molar-refractivity contribution in [1.29, 1.82) is 0 Å². The first-order chi connectivity index (χ1) is 26.4. The molecule has 0 unspecified atom stereocenters. The minimum atomic E-state index is -0.634. The molecule has 267 valence electrons. The molecule has 1 aliphatic rings. The van der Waals surface area contributed by atoms with Crippen molar-refractivity contribution >= 4 is 53.9 Å². The van der Waals surface area contributed by atoms with Crippen LogP contribution >= 0.6 is 0 Å². The Morgan fingerprint density at radius 3 is 1.80 bits per heavy atom. The smallest absolute Gasteiger partial charge is 0.0346 e. The predicted octanol–water partition coefficient (Wildman–Crippen LogP) is 14.0. The Morgan fingerprint density at radius 1 is 0.537 bits per heavy atom. The van der Waals surface area contributed by atoms with Crippen LogP contribution in [0, 0.1) is 12.1 Å². The molecule has 2 aromatic heterocycles. The summed E-state index contributed by atoms with van der Waals surface area (Å²) in [5, 5.41) is 12.6. The summed E-state index contributed by atoms with van der Waals surface area (Å²) in [6.07, 6.45) is 10.5. The van der Waals surface area contributed by atoms with Crippen molar-refractivity contribution < 1.29 is 21.5 Å². The number of rotatable bonds is 4. The van der Waals surface area contributed by atoms with Crippen LogP contribution in [0.1, 0.15) is 70.3 Å². The van der Waals surface area contributed by atoms with Gasteiger partial charge in [0.1, 0.15) is 0 Å². The van der Waals surface area contributed by atoms with Gasteiger partial charge in [0.25, 0.3) is 0 Å². The van der Waals surface area contributed by atoms with Crippen molar-refractivity contribution in [2.75, 3.05) is 0 Å². The molecule has 9 aromatic rings. The van der Waals surface area contributed by atoms with E-state index in [4.69, 9.17) is 6.35 Å². The monoisotopic (exact) mass is 876 g/mol. The Hall–Kier alpha value is -5.21. The summed E-state index contributed by atoms with van der Waals surface area (Å²) in [6.45, 7) is 3.78. The minimum Gasteiger partial charge on any atom is -0.305 e. The first-order valence-electron chi connectivity index (χ1n) is 19.4. The molecule has 2 nitrogen and oxygen atoms in total. The van der Waals surface area contributed by atoms with Crippen LogP contribution in [-0.4, -0.2) is 9.97 Å². The summed E-state index contributed by atoms with van der Waals surface area (Å²) < 4.78 is 8.22. The van der Waals surface area contributed by atoms with E-state index < -0.39 is 5.89 Å². The van der Waals surface area contributed by atoms with Gasteiger partial charge in [-0.25, -0.2) is 0 Å². The molecule has 1 aliphatic carbocycles. The van der Waals surface area contributed by atoms with Gasteiger partial charge < -0.3 is 9.97 Å². The molecule has 0 spiro atoms. The fourth-order valence-electron chi connectivity index (χ4n) is 8.26. The maximum absolute atomic E-state index is 8.22. The molecule has 3 heteroatoms. The van der Waals surface area contributed by atoms with Crippen LogP contribution in [0.5, 0.6) is 0 Å². The zero-order valence-electron chi connectivity index (χ0n) is 31.7. The van der Waals surface area contributed by atoms with Crippen molar-refractivity contribution in [2.24, 2.45) is 0 Å². The predicted molar refractivity (Wildman–Crippen MR) is 224 cm³/mol. The molecule has 0 N–H and O–H groups in total. The standard InChI is InChI=1S/C29H24N.C22H18N.Ir/c1-2-8-20(9-3-1)21-16-17-30-29(19-21)22-14-15-27-25-12-5-4-10-23(25)24-11-6-7-13-26(24)28(27)18-22;1-15(2)17-11-12-23-22(14-17)19-9-10-21-18(13-19)8-7-16-5-3-4-6-20(16)21;/h4-7,10-13,15-20H,1-3,8-9H2;3-8,10-15H,1-2H3;/q2*-1;/i;15D;. The molecular formula is C51H42IrN2-2. The van der Waals surface area contributed by atoms with Crippen molar-refractivity contribution in [1.82, 2.24) is 9.97 Å². The van der Waals surface area contributed by atoms with Gasteiger partial charge in [0, 0.05) is 33.9 Å².